The fourth-order valence-electron chi connectivity index (χ4n) is 2.39. The van der Waals surface area contributed by atoms with Crippen LogP contribution in [0.4, 0.5) is 0 Å². The Morgan fingerprint density at radius 2 is 1.76 bits per heavy atom. The number of hydrogen-bond acceptors (Lipinski definition) is 9. The maximum atomic E-state index is 5.56. The number of thioether (sulfide) groups is 2. The Bertz CT molecular complexity index is 716. The van der Waals surface area contributed by atoms with Gasteiger partial charge in [0.1, 0.15) is 0 Å². The number of nitrogens with two attached hydrogens (primary N) is 2. The summed E-state index contributed by atoms with van der Waals surface area (Å²) in [5.74, 6) is 1.95. The molecule has 4 heterocycles. The number of imidazole rings is 1. The van der Waals surface area contributed by atoms with Crippen LogP contribution in [-0.2, 0) is 13.0 Å². The maximum absolute atomic E-state index is 5.56. The number of aromatic nitrogens is 4. The van der Waals surface area contributed by atoms with Crippen LogP contribution in [0.5, 0.6) is 0 Å². The molecule has 2 unspecified atom stereocenters. The third-order valence-electron chi connectivity index (χ3n) is 3.51. The van der Waals surface area contributed by atoms with Crippen molar-refractivity contribution in [2.24, 2.45) is 21.5 Å². The Hall–Kier alpha value is -2.07. The van der Waals surface area contributed by atoms with Crippen LogP contribution in [-0.4, -0.2) is 53.4 Å². The molecule has 0 fully saturated rings. The van der Waals surface area contributed by atoms with Crippen LogP contribution in [0.1, 0.15) is 5.69 Å². The minimum Gasteiger partial charge on any atom is -0.379 e. The second kappa shape index (κ2) is 8.86. The molecule has 2 aromatic heterocycles. The van der Waals surface area contributed by atoms with E-state index >= 15 is 0 Å². The highest BCUT2D eigenvalue weighted by atomic mass is 32.2. The summed E-state index contributed by atoms with van der Waals surface area (Å²) in [5, 5.41) is 1.40. The summed E-state index contributed by atoms with van der Waals surface area (Å²) in [6.07, 6.45) is 11.5. The predicted octanol–water partition coefficient (Wildman–Crippen LogP) is 0.762. The summed E-state index contributed by atoms with van der Waals surface area (Å²) in [5.41, 5.74) is 12.1. The first-order valence-corrected chi connectivity index (χ1v) is 9.79. The minimum absolute atomic E-state index is 0.279. The first-order chi connectivity index (χ1) is 12.2. The van der Waals surface area contributed by atoms with Crippen LogP contribution in [0.25, 0.3) is 0 Å². The molecule has 132 valence electrons. The quantitative estimate of drug-likeness (QED) is 0.808. The molecule has 0 radical (unpaired) electrons. The average Bonchev–Trinajstić information content (AvgIpc) is 3.34. The van der Waals surface area contributed by atoms with Crippen LogP contribution in [0.15, 0.2) is 47.3 Å². The molecule has 2 aliphatic heterocycles. The Balaban J connectivity index is 0.000000146. The van der Waals surface area contributed by atoms with Gasteiger partial charge >= 0.3 is 0 Å². The fourth-order valence-corrected chi connectivity index (χ4v) is 3.93. The van der Waals surface area contributed by atoms with Gasteiger partial charge in [0.25, 0.3) is 0 Å². The molecule has 8 nitrogen and oxygen atoms in total. The molecule has 0 aliphatic carbocycles. The maximum Gasteiger partial charge on any atom is 0.154 e. The molecule has 0 amide bonds. The highest BCUT2D eigenvalue weighted by Gasteiger charge is 2.17. The fraction of sp³-hybridized carbons (Fsp3) is 0.400. The molecule has 0 bridgehead atoms. The van der Waals surface area contributed by atoms with Gasteiger partial charge in [0.2, 0.25) is 0 Å². The van der Waals surface area contributed by atoms with Gasteiger partial charge in [-0.2, -0.15) is 0 Å². The van der Waals surface area contributed by atoms with Gasteiger partial charge in [-0.15, -0.1) is 0 Å². The normalized spacial score (nSPS) is 22.1. The molecule has 0 aromatic carbocycles. The zero-order valence-electron chi connectivity index (χ0n) is 13.6. The van der Waals surface area contributed by atoms with Crippen molar-refractivity contribution in [1.29, 1.82) is 0 Å². The van der Waals surface area contributed by atoms with Gasteiger partial charge in [0.05, 0.1) is 24.1 Å². The number of rotatable bonds is 4. The lowest BCUT2D eigenvalue weighted by molar-refractivity contribution is 0.603. The van der Waals surface area contributed by atoms with Gasteiger partial charge in [0, 0.05) is 55.5 Å². The lowest BCUT2D eigenvalue weighted by atomic mass is 10.2. The lowest BCUT2D eigenvalue weighted by Gasteiger charge is -2.04. The Morgan fingerprint density at radius 3 is 2.32 bits per heavy atom. The van der Waals surface area contributed by atoms with Crippen LogP contribution in [0.3, 0.4) is 0 Å². The molecular weight excluding hydrogens is 356 g/mol. The lowest BCUT2D eigenvalue weighted by Crippen LogP contribution is -2.13. The Morgan fingerprint density at radius 1 is 1.00 bits per heavy atom. The van der Waals surface area contributed by atoms with E-state index in [9.17, 15) is 0 Å². The van der Waals surface area contributed by atoms with Crippen molar-refractivity contribution >= 4 is 33.9 Å². The molecule has 0 saturated heterocycles. The zero-order chi connectivity index (χ0) is 17.5. The molecule has 0 spiro atoms. The second-order valence-corrected chi connectivity index (χ2v) is 7.61. The van der Waals surface area contributed by atoms with Gasteiger partial charge in [-0.1, -0.05) is 23.5 Å². The molecule has 2 aliphatic rings. The highest BCUT2D eigenvalue weighted by Crippen LogP contribution is 2.17. The van der Waals surface area contributed by atoms with Crippen molar-refractivity contribution in [3.05, 3.63) is 43.0 Å². The van der Waals surface area contributed by atoms with Crippen molar-refractivity contribution in [3.8, 4) is 0 Å². The van der Waals surface area contributed by atoms with E-state index in [0.29, 0.717) is 16.4 Å². The smallest absolute Gasteiger partial charge is 0.154 e. The minimum atomic E-state index is 0.279. The summed E-state index contributed by atoms with van der Waals surface area (Å²) < 4.78 is 2.02. The van der Waals surface area contributed by atoms with E-state index < -0.39 is 0 Å². The number of nitrogens with zero attached hydrogens (tertiary/aromatic N) is 6. The zero-order valence-corrected chi connectivity index (χ0v) is 15.2. The molecule has 0 saturated carbocycles. The van der Waals surface area contributed by atoms with E-state index in [1.807, 2.05) is 10.8 Å². The Kier molecular flexibility index (Phi) is 6.29. The number of hydrogen-bond donors (Lipinski definition) is 2. The van der Waals surface area contributed by atoms with Crippen LogP contribution in [0, 0.1) is 0 Å². The van der Waals surface area contributed by atoms with Crippen molar-refractivity contribution in [2.45, 2.75) is 25.0 Å². The third-order valence-corrected chi connectivity index (χ3v) is 5.41. The average molecular weight is 377 g/mol. The molecule has 10 heteroatoms. The van der Waals surface area contributed by atoms with Gasteiger partial charge in [-0.25, -0.2) is 4.98 Å². The van der Waals surface area contributed by atoms with Crippen molar-refractivity contribution in [3.63, 3.8) is 0 Å². The van der Waals surface area contributed by atoms with Crippen molar-refractivity contribution in [1.82, 2.24) is 19.5 Å². The summed E-state index contributed by atoms with van der Waals surface area (Å²) in [6.45, 7) is 0.883. The van der Waals surface area contributed by atoms with Crippen LogP contribution < -0.4 is 11.5 Å². The molecule has 2 atom stereocenters. The SMILES string of the molecule is NC1=NC(Cc2cnccn2)CS1.NC1=NC(Cn2ccnc2)CS1. The van der Waals surface area contributed by atoms with E-state index in [2.05, 4.69) is 24.9 Å². The van der Waals surface area contributed by atoms with E-state index in [1.165, 1.54) is 0 Å². The number of amidine groups is 2. The monoisotopic (exact) mass is 376 g/mol. The first-order valence-electron chi connectivity index (χ1n) is 7.82. The molecule has 4 rings (SSSR count). The molecule has 4 N–H and O–H groups in total. The van der Waals surface area contributed by atoms with Crippen LogP contribution in [0.2, 0.25) is 0 Å². The van der Waals surface area contributed by atoms with Gasteiger partial charge < -0.3 is 16.0 Å². The summed E-state index contributed by atoms with van der Waals surface area (Å²) >= 11 is 3.23. The number of aliphatic imine (C=N–C) groups is 2. The van der Waals surface area contributed by atoms with E-state index in [1.54, 1.807) is 54.6 Å². The summed E-state index contributed by atoms with van der Waals surface area (Å²) in [4.78, 5) is 20.7. The van der Waals surface area contributed by atoms with Gasteiger partial charge in [0.15, 0.2) is 10.3 Å². The van der Waals surface area contributed by atoms with Gasteiger partial charge in [-0.3, -0.25) is 20.0 Å². The van der Waals surface area contributed by atoms with Crippen molar-refractivity contribution < 1.29 is 0 Å². The second-order valence-electron chi connectivity index (χ2n) is 5.52. The molecule has 2 aromatic rings. The largest absolute Gasteiger partial charge is 0.379 e. The first kappa shape index (κ1) is 17.7. The van der Waals surface area contributed by atoms with E-state index in [0.717, 1.165) is 30.2 Å². The highest BCUT2D eigenvalue weighted by molar-refractivity contribution is 8.14. The molecular formula is C15H20N8S2. The van der Waals surface area contributed by atoms with Crippen LogP contribution >= 0.6 is 23.5 Å². The molecule has 25 heavy (non-hydrogen) atoms. The third kappa shape index (κ3) is 5.75. The predicted molar refractivity (Wildman–Crippen MR) is 104 cm³/mol. The summed E-state index contributed by atoms with van der Waals surface area (Å²) in [7, 11) is 0. The standard InChI is InChI=1S/C8H10N4S.C7H10N4S/c9-8-12-7(5-13-8)3-6-4-10-1-2-11-6;8-7-10-6(4-12-7)3-11-2-1-9-5-11/h1-2,4,7H,3,5H2,(H2,9,12);1-2,5-6H,3-4H2,(H2,8,10). The summed E-state index contributed by atoms with van der Waals surface area (Å²) in [6, 6.07) is 0.603. The van der Waals surface area contributed by atoms with Crippen molar-refractivity contribution in [2.75, 3.05) is 11.5 Å². The Labute approximate surface area is 154 Å². The van der Waals surface area contributed by atoms with E-state index in [4.69, 9.17) is 11.5 Å². The topological polar surface area (TPSA) is 120 Å². The van der Waals surface area contributed by atoms with E-state index in [-0.39, 0.29) is 6.04 Å². The van der Waals surface area contributed by atoms with Gasteiger partial charge in [-0.05, 0) is 0 Å².